The molecule has 1 aliphatic heterocycles. The molecule has 0 saturated carbocycles. The Morgan fingerprint density at radius 3 is 2.62 bits per heavy atom. The lowest BCUT2D eigenvalue weighted by atomic mass is 9.81. The Morgan fingerprint density at radius 2 is 2.06 bits per heavy atom. The van der Waals surface area contributed by atoms with Crippen molar-refractivity contribution >= 4 is 11.4 Å². The van der Waals surface area contributed by atoms with Gasteiger partial charge in [-0.3, -0.25) is 10.1 Å². The van der Waals surface area contributed by atoms with Gasteiger partial charge in [-0.1, -0.05) is 0 Å². The van der Waals surface area contributed by atoms with E-state index in [0.717, 1.165) is 5.56 Å². The van der Waals surface area contributed by atoms with Gasteiger partial charge in [-0.15, -0.1) is 0 Å². The van der Waals surface area contributed by atoms with Crippen LogP contribution in [-0.2, 0) is 5.41 Å². The number of nitrogens with one attached hydrogen (secondary N) is 1. The van der Waals surface area contributed by atoms with Crippen LogP contribution in [0.4, 0.5) is 11.4 Å². The quantitative estimate of drug-likeness (QED) is 0.576. The Labute approximate surface area is 95.0 Å². The predicted octanol–water partition coefficient (Wildman–Crippen LogP) is 1.42. The molecule has 2 atom stereocenters. The topological polar surface area (TPSA) is 47.6 Å². The molecule has 2 rings (SSSR count). The van der Waals surface area contributed by atoms with Crippen LogP contribution in [0.5, 0.6) is 0 Å². The van der Waals surface area contributed by atoms with Crippen molar-refractivity contribution < 1.29 is 9.82 Å². The van der Waals surface area contributed by atoms with Crippen LogP contribution in [0, 0.1) is 10.1 Å². The van der Waals surface area contributed by atoms with Gasteiger partial charge in [-0.25, -0.2) is 0 Å². The number of rotatable bonds is 1. The summed E-state index contributed by atoms with van der Waals surface area (Å²) in [7, 11) is 2.12. The third-order valence-electron chi connectivity index (χ3n) is 4.07. The normalized spacial score (nSPS) is 26.5. The monoisotopic (exact) mass is 221 g/mol. The van der Waals surface area contributed by atoms with E-state index in [4.69, 9.17) is 0 Å². The zero-order valence-electron chi connectivity index (χ0n) is 10.1. The van der Waals surface area contributed by atoms with E-state index in [-0.39, 0.29) is 16.0 Å². The number of non-ortho nitro benzene ring substituents is 1. The van der Waals surface area contributed by atoms with E-state index in [9.17, 15) is 10.1 Å². The molecule has 4 heteroatoms. The molecule has 2 unspecified atom stereocenters. The van der Waals surface area contributed by atoms with Crippen molar-refractivity contribution in [2.75, 3.05) is 7.05 Å². The van der Waals surface area contributed by atoms with Gasteiger partial charge in [-0.05, 0) is 20.8 Å². The molecule has 1 N–H and O–H groups in total. The Bertz CT molecular complexity index is 454. The SMILES string of the molecule is CC1[NH+](C)c2ccc([N+](=O)[O-])cc2C1(C)C. The summed E-state index contributed by atoms with van der Waals surface area (Å²) in [5.41, 5.74) is 2.47. The van der Waals surface area contributed by atoms with E-state index in [0.29, 0.717) is 6.04 Å². The van der Waals surface area contributed by atoms with Crippen molar-refractivity contribution in [3.8, 4) is 0 Å². The average molecular weight is 221 g/mol. The summed E-state index contributed by atoms with van der Waals surface area (Å²) >= 11 is 0. The van der Waals surface area contributed by atoms with Crippen LogP contribution in [0.15, 0.2) is 18.2 Å². The highest BCUT2D eigenvalue weighted by molar-refractivity contribution is 5.53. The van der Waals surface area contributed by atoms with Crippen molar-refractivity contribution in [1.82, 2.24) is 0 Å². The fourth-order valence-corrected chi connectivity index (χ4v) is 2.53. The maximum Gasteiger partial charge on any atom is 0.270 e. The molecular formula is C12H17N2O2+. The molecule has 4 nitrogen and oxygen atoms in total. The lowest BCUT2D eigenvalue weighted by Crippen LogP contribution is -3.07. The fourth-order valence-electron chi connectivity index (χ4n) is 2.53. The van der Waals surface area contributed by atoms with Crippen molar-refractivity contribution in [3.05, 3.63) is 33.9 Å². The summed E-state index contributed by atoms with van der Waals surface area (Å²) in [5, 5.41) is 10.8. The van der Waals surface area contributed by atoms with E-state index in [1.165, 1.54) is 10.6 Å². The van der Waals surface area contributed by atoms with Gasteiger partial charge in [0.05, 0.1) is 18.0 Å². The molecule has 86 valence electrons. The Hall–Kier alpha value is -1.42. The molecule has 1 aliphatic rings. The number of hydrogen-bond acceptors (Lipinski definition) is 2. The number of quaternary nitrogens is 1. The number of nitrogens with zero attached hydrogens (tertiary/aromatic N) is 1. The maximum absolute atomic E-state index is 10.8. The minimum Gasteiger partial charge on any atom is -0.302 e. The van der Waals surface area contributed by atoms with Crippen molar-refractivity contribution in [2.24, 2.45) is 0 Å². The van der Waals surface area contributed by atoms with Gasteiger partial charge in [0.1, 0.15) is 5.69 Å². The molecule has 1 aromatic carbocycles. The van der Waals surface area contributed by atoms with Gasteiger partial charge in [0, 0.05) is 29.2 Å². The number of nitro groups is 1. The lowest BCUT2D eigenvalue weighted by molar-refractivity contribution is -0.834. The summed E-state index contributed by atoms with van der Waals surface area (Å²) in [6.45, 7) is 6.48. The highest BCUT2D eigenvalue weighted by Crippen LogP contribution is 2.37. The third-order valence-corrected chi connectivity index (χ3v) is 4.07. The summed E-state index contributed by atoms with van der Waals surface area (Å²) < 4.78 is 0. The first-order valence-electron chi connectivity index (χ1n) is 5.48. The molecule has 0 radical (unpaired) electrons. The van der Waals surface area contributed by atoms with E-state index in [1.807, 2.05) is 6.07 Å². The minimum absolute atomic E-state index is 0.00850. The van der Waals surface area contributed by atoms with E-state index in [1.54, 1.807) is 12.1 Å². The molecule has 16 heavy (non-hydrogen) atoms. The van der Waals surface area contributed by atoms with Gasteiger partial charge in [0.25, 0.3) is 5.69 Å². The number of nitro benzene ring substituents is 1. The van der Waals surface area contributed by atoms with Crippen molar-refractivity contribution in [1.29, 1.82) is 0 Å². The smallest absolute Gasteiger partial charge is 0.270 e. The first-order chi connectivity index (χ1) is 7.35. The zero-order chi connectivity index (χ0) is 12.1. The largest absolute Gasteiger partial charge is 0.302 e. The van der Waals surface area contributed by atoms with Crippen molar-refractivity contribution in [2.45, 2.75) is 32.2 Å². The summed E-state index contributed by atoms with van der Waals surface area (Å²) in [6.07, 6.45) is 0. The third kappa shape index (κ3) is 1.33. The van der Waals surface area contributed by atoms with Crippen LogP contribution in [0.2, 0.25) is 0 Å². The molecule has 0 saturated heterocycles. The molecule has 1 aromatic rings. The second-order valence-electron chi connectivity index (χ2n) is 5.11. The van der Waals surface area contributed by atoms with Crippen LogP contribution in [-0.4, -0.2) is 18.0 Å². The molecule has 0 aromatic heterocycles. The van der Waals surface area contributed by atoms with E-state index in [2.05, 4.69) is 27.8 Å². The molecular weight excluding hydrogens is 204 g/mol. The highest BCUT2D eigenvalue weighted by Gasteiger charge is 2.45. The average Bonchev–Trinajstić information content (AvgIpc) is 2.40. The van der Waals surface area contributed by atoms with Gasteiger partial charge in [-0.2, -0.15) is 0 Å². The highest BCUT2D eigenvalue weighted by atomic mass is 16.6. The Balaban J connectivity index is 2.60. The van der Waals surface area contributed by atoms with Gasteiger partial charge < -0.3 is 4.90 Å². The van der Waals surface area contributed by atoms with Crippen LogP contribution in [0.25, 0.3) is 0 Å². The van der Waals surface area contributed by atoms with Gasteiger partial charge in [0.2, 0.25) is 0 Å². The molecule has 0 bridgehead atoms. The van der Waals surface area contributed by atoms with E-state index < -0.39 is 0 Å². The second kappa shape index (κ2) is 3.28. The number of hydrogen-bond donors (Lipinski definition) is 1. The molecule has 0 aliphatic carbocycles. The van der Waals surface area contributed by atoms with E-state index >= 15 is 0 Å². The van der Waals surface area contributed by atoms with Crippen LogP contribution < -0.4 is 4.90 Å². The predicted molar refractivity (Wildman–Crippen MR) is 62.1 cm³/mol. The second-order valence-corrected chi connectivity index (χ2v) is 5.11. The standard InChI is InChI=1S/C12H16N2O2/c1-8-12(2,3)10-7-9(14(15)16)5-6-11(10)13(8)4/h5-8H,1-4H3/p+1. The zero-order valence-corrected chi connectivity index (χ0v) is 10.1. The molecule has 0 fully saturated rings. The number of benzene rings is 1. The molecule has 1 heterocycles. The maximum atomic E-state index is 10.8. The first-order valence-corrected chi connectivity index (χ1v) is 5.48. The lowest BCUT2D eigenvalue weighted by Gasteiger charge is -2.23. The van der Waals surface area contributed by atoms with Crippen LogP contribution >= 0.6 is 0 Å². The Morgan fingerprint density at radius 1 is 1.44 bits per heavy atom. The van der Waals surface area contributed by atoms with Gasteiger partial charge in [0.15, 0.2) is 0 Å². The first kappa shape index (κ1) is 11.1. The molecule has 0 amide bonds. The molecule has 0 spiro atoms. The van der Waals surface area contributed by atoms with Gasteiger partial charge >= 0.3 is 0 Å². The Kier molecular flexibility index (Phi) is 2.27. The van der Waals surface area contributed by atoms with Crippen LogP contribution in [0.3, 0.4) is 0 Å². The fraction of sp³-hybridized carbons (Fsp3) is 0.500. The summed E-state index contributed by atoms with van der Waals surface area (Å²) in [5.74, 6) is 0. The minimum atomic E-state index is -0.325. The summed E-state index contributed by atoms with van der Waals surface area (Å²) in [4.78, 5) is 11.8. The van der Waals surface area contributed by atoms with Crippen molar-refractivity contribution in [3.63, 3.8) is 0 Å². The summed E-state index contributed by atoms with van der Waals surface area (Å²) in [6, 6.07) is 5.64. The van der Waals surface area contributed by atoms with Crippen LogP contribution in [0.1, 0.15) is 26.3 Å². The number of likely N-dealkylation sites (N-methyl/N-ethyl adjacent to an activating group) is 1. The number of fused-ring (bicyclic) bond motifs is 1.